The van der Waals surface area contributed by atoms with Crippen LogP contribution in [0.4, 0.5) is 0 Å². The van der Waals surface area contributed by atoms with Gasteiger partial charge in [-0.2, -0.15) is 0 Å². The van der Waals surface area contributed by atoms with Crippen LogP contribution in [-0.4, -0.2) is 31.1 Å². The Labute approximate surface area is 116 Å². The molecule has 0 bridgehead atoms. The zero-order chi connectivity index (χ0) is 14.5. The van der Waals surface area contributed by atoms with Crippen LogP contribution in [0.15, 0.2) is 42.6 Å². The number of aromatic nitrogens is 1. The van der Waals surface area contributed by atoms with Crippen molar-refractivity contribution in [1.82, 2.24) is 4.98 Å². The van der Waals surface area contributed by atoms with Gasteiger partial charge in [0.1, 0.15) is 0 Å². The summed E-state index contributed by atoms with van der Waals surface area (Å²) in [7, 11) is 2.66. The van der Waals surface area contributed by atoms with Crippen LogP contribution in [0, 0.1) is 0 Å². The molecule has 0 amide bonds. The van der Waals surface area contributed by atoms with Gasteiger partial charge in [0, 0.05) is 11.8 Å². The Balaban J connectivity index is 2.32. The maximum absolute atomic E-state index is 11.5. The van der Waals surface area contributed by atoms with E-state index in [9.17, 15) is 9.59 Å². The zero-order valence-corrected chi connectivity index (χ0v) is 11.1. The van der Waals surface area contributed by atoms with E-state index in [1.807, 2.05) is 0 Å². The number of esters is 2. The molecule has 1 aromatic carbocycles. The highest BCUT2D eigenvalue weighted by Gasteiger charge is 2.09. The third kappa shape index (κ3) is 2.83. The lowest BCUT2D eigenvalue weighted by atomic mass is 10.1. The first-order chi connectivity index (χ1) is 9.65. The third-order valence-corrected chi connectivity index (χ3v) is 2.78. The molecular formula is C15H13NO4. The number of hydrogen-bond donors (Lipinski definition) is 0. The monoisotopic (exact) mass is 271 g/mol. The Morgan fingerprint density at radius 3 is 2.10 bits per heavy atom. The highest BCUT2D eigenvalue weighted by molar-refractivity contribution is 5.91. The van der Waals surface area contributed by atoms with Gasteiger partial charge < -0.3 is 9.47 Å². The van der Waals surface area contributed by atoms with Gasteiger partial charge in [0.05, 0.1) is 31.0 Å². The van der Waals surface area contributed by atoms with Crippen LogP contribution in [0.3, 0.4) is 0 Å². The third-order valence-electron chi connectivity index (χ3n) is 2.78. The molecule has 0 unspecified atom stereocenters. The van der Waals surface area contributed by atoms with Crippen LogP contribution in [0.25, 0.3) is 11.3 Å². The van der Waals surface area contributed by atoms with Crippen LogP contribution in [0.5, 0.6) is 0 Å². The minimum Gasteiger partial charge on any atom is -0.465 e. The van der Waals surface area contributed by atoms with Crippen molar-refractivity contribution in [2.45, 2.75) is 0 Å². The van der Waals surface area contributed by atoms with Crippen molar-refractivity contribution in [2.24, 2.45) is 0 Å². The van der Waals surface area contributed by atoms with E-state index in [1.165, 1.54) is 20.4 Å². The summed E-state index contributed by atoms with van der Waals surface area (Å²) < 4.78 is 9.30. The van der Waals surface area contributed by atoms with Gasteiger partial charge in [-0.15, -0.1) is 0 Å². The van der Waals surface area contributed by atoms with E-state index in [1.54, 1.807) is 36.4 Å². The molecule has 0 aliphatic carbocycles. The van der Waals surface area contributed by atoms with Gasteiger partial charge in [-0.1, -0.05) is 12.1 Å². The standard InChI is InChI=1S/C15H13NO4/c1-19-14(17)11-5-3-10(4-6-11)13-9-12(7-8-16-13)15(18)20-2/h3-9H,1-2H3. The van der Waals surface area contributed by atoms with Gasteiger partial charge in [-0.05, 0) is 24.3 Å². The molecule has 0 N–H and O–H groups in total. The van der Waals surface area contributed by atoms with Crippen molar-refractivity contribution < 1.29 is 19.1 Å². The lowest BCUT2D eigenvalue weighted by molar-refractivity contribution is 0.0592. The molecule has 0 spiro atoms. The molecule has 0 saturated heterocycles. The first kappa shape index (κ1) is 13.7. The summed E-state index contributed by atoms with van der Waals surface area (Å²) in [4.78, 5) is 27.0. The van der Waals surface area contributed by atoms with Crippen LogP contribution in [0.1, 0.15) is 20.7 Å². The SMILES string of the molecule is COC(=O)c1ccc(-c2cc(C(=O)OC)ccn2)cc1. The fourth-order valence-electron chi connectivity index (χ4n) is 1.73. The molecule has 0 radical (unpaired) electrons. The molecule has 0 aliphatic heterocycles. The minimum absolute atomic E-state index is 0.396. The second-order valence-corrected chi connectivity index (χ2v) is 3.99. The predicted octanol–water partition coefficient (Wildman–Crippen LogP) is 2.32. The molecule has 20 heavy (non-hydrogen) atoms. The summed E-state index contributed by atoms with van der Waals surface area (Å²) in [6, 6.07) is 10.0. The molecule has 0 fully saturated rings. The molecule has 2 rings (SSSR count). The molecule has 0 saturated carbocycles. The van der Waals surface area contributed by atoms with E-state index in [-0.39, 0.29) is 0 Å². The highest BCUT2D eigenvalue weighted by Crippen LogP contribution is 2.19. The number of methoxy groups -OCH3 is 2. The van der Waals surface area contributed by atoms with Crippen LogP contribution < -0.4 is 0 Å². The van der Waals surface area contributed by atoms with Crippen molar-refractivity contribution in [2.75, 3.05) is 14.2 Å². The molecule has 5 heteroatoms. The zero-order valence-electron chi connectivity index (χ0n) is 11.1. The number of benzene rings is 1. The molecule has 0 atom stereocenters. The first-order valence-corrected chi connectivity index (χ1v) is 5.89. The van der Waals surface area contributed by atoms with E-state index in [0.717, 1.165) is 5.56 Å². The summed E-state index contributed by atoms with van der Waals surface area (Å²) in [6.45, 7) is 0. The van der Waals surface area contributed by atoms with Crippen LogP contribution in [-0.2, 0) is 9.47 Å². The van der Waals surface area contributed by atoms with Gasteiger partial charge in [-0.3, -0.25) is 4.98 Å². The summed E-state index contributed by atoms with van der Waals surface area (Å²) >= 11 is 0. The number of nitrogens with zero attached hydrogens (tertiary/aromatic N) is 1. The number of pyridine rings is 1. The quantitative estimate of drug-likeness (QED) is 0.801. The largest absolute Gasteiger partial charge is 0.465 e. The van der Waals surface area contributed by atoms with Gasteiger partial charge >= 0.3 is 11.9 Å². The maximum atomic E-state index is 11.5. The predicted molar refractivity (Wildman–Crippen MR) is 72.4 cm³/mol. The van der Waals surface area contributed by atoms with Crippen molar-refractivity contribution in [3.63, 3.8) is 0 Å². The average Bonchev–Trinajstić information content (AvgIpc) is 2.53. The molecule has 102 valence electrons. The van der Waals surface area contributed by atoms with Crippen molar-refractivity contribution >= 4 is 11.9 Å². The number of carbonyl (C=O) groups is 2. The number of ether oxygens (including phenoxy) is 2. The summed E-state index contributed by atoms with van der Waals surface area (Å²) in [5.74, 6) is -0.812. The van der Waals surface area contributed by atoms with Gasteiger partial charge in [0.15, 0.2) is 0 Å². The van der Waals surface area contributed by atoms with Crippen LogP contribution >= 0.6 is 0 Å². The summed E-state index contributed by atoms with van der Waals surface area (Å²) in [5.41, 5.74) is 2.31. The smallest absolute Gasteiger partial charge is 0.337 e. The number of hydrogen-bond acceptors (Lipinski definition) is 5. The van der Waals surface area contributed by atoms with Crippen molar-refractivity contribution in [3.05, 3.63) is 53.7 Å². The molecule has 1 aromatic heterocycles. The Bertz CT molecular complexity index is 635. The fourth-order valence-corrected chi connectivity index (χ4v) is 1.73. The Morgan fingerprint density at radius 1 is 0.900 bits per heavy atom. The molecule has 5 nitrogen and oxygen atoms in total. The van der Waals surface area contributed by atoms with Crippen LogP contribution in [0.2, 0.25) is 0 Å². The molecular weight excluding hydrogens is 258 g/mol. The highest BCUT2D eigenvalue weighted by atomic mass is 16.5. The average molecular weight is 271 g/mol. The van der Waals surface area contributed by atoms with Gasteiger partial charge in [-0.25, -0.2) is 9.59 Å². The maximum Gasteiger partial charge on any atom is 0.337 e. The molecule has 0 aliphatic rings. The topological polar surface area (TPSA) is 65.5 Å². The normalized spacial score (nSPS) is 9.90. The van der Waals surface area contributed by atoms with E-state index < -0.39 is 11.9 Å². The minimum atomic E-state index is -0.417. The Hall–Kier alpha value is -2.69. The lowest BCUT2D eigenvalue weighted by Crippen LogP contribution is -2.02. The molecule has 2 aromatic rings. The van der Waals surface area contributed by atoms with Gasteiger partial charge in [0.25, 0.3) is 0 Å². The van der Waals surface area contributed by atoms with E-state index >= 15 is 0 Å². The summed E-state index contributed by atoms with van der Waals surface area (Å²) in [6.07, 6.45) is 1.54. The lowest BCUT2D eigenvalue weighted by Gasteiger charge is -2.04. The molecule has 1 heterocycles. The van der Waals surface area contributed by atoms with Crippen molar-refractivity contribution in [3.8, 4) is 11.3 Å². The van der Waals surface area contributed by atoms with E-state index in [4.69, 9.17) is 0 Å². The fraction of sp³-hybridized carbons (Fsp3) is 0.133. The number of rotatable bonds is 3. The first-order valence-electron chi connectivity index (χ1n) is 5.89. The van der Waals surface area contributed by atoms with E-state index in [0.29, 0.717) is 16.8 Å². The Kier molecular flexibility index (Phi) is 4.10. The second kappa shape index (κ2) is 5.97. The Morgan fingerprint density at radius 2 is 1.50 bits per heavy atom. The second-order valence-electron chi connectivity index (χ2n) is 3.99. The van der Waals surface area contributed by atoms with Gasteiger partial charge in [0.2, 0.25) is 0 Å². The van der Waals surface area contributed by atoms with E-state index in [2.05, 4.69) is 14.5 Å². The summed E-state index contributed by atoms with van der Waals surface area (Å²) in [5, 5.41) is 0. The number of carbonyl (C=O) groups excluding carboxylic acids is 2. The van der Waals surface area contributed by atoms with Crippen molar-refractivity contribution in [1.29, 1.82) is 0 Å².